The monoisotopic (exact) mass is 442 g/mol. The summed E-state index contributed by atoms with van der Waals surface area (Å²) in [6.07, 6.45) is 0.160. The lowest BCUT2D eigenvalue weighted by Gasteiger charge is -2.10. The van der Waals surface area contributed by atoms with Gasteiger partial charge in [0.2, 0.25) is 0 Å². The van der Waals surface area contributed by atoms with E-state index in [1.54, 1.807) is 6.92 Å². The van der Waals surface area contributed by atoms with E-state index in [0.29, 0.717) is 10.8 Å². The number of nitrogens with zero attached hydrogens (tertiary/aromatic N) is 4. The molecule has 1 aliphatic rings. The number of hydrogen-bond acceptors (Lipinski definition) is 7. The van der Waals surface area contributed by atoms with Gasteiger partial charge in [-0.15, -0.1) is 16.4 Å². The lowest BCUT2D eigenvalue weighted by atomic mass is 10.2. The van der Waals surface area contributed by atoms with Crippen molar-refractivity contribution in [1.29, 1.82) is 0 Å². The number of anilines is 3. The number of hydrogen-bond donors (Lipinski definition) is 2. The van der Waals surface area contributed by atoms with Gasteiger partial charge in [-0.25, -0.2) is 9.98 Å². The van der Waals surface area contributed by atoms with Crippen molar-refractivity contribution in [1.82, 2.24) is 14.8 Å². The average molecular weight is 443 g/mol. The zero-order valence-electron chi connectivity index (χ0n) is 17.1. The molecule has 158 valence electrons. The highest BCUT2D eigenvalue weighted by molar-refractivity contribution is 7.14. The molecule has 5 rings (SSSR count). The summed E-state index contributed by atoms with van der Waals surface area (Å²) in [4.78, 5) is 34.8. The minimum Gasteiger partial charge on any atom is -0.338 e. The first-order valence-corrected chi connectivity index (χ1v) is 10.8. The minimum absolute atomic E-state index is 0.160. The number of aromatic nitrogens is 3. The summed E-state index contributed by atoms with van der Waals surface area (Å²) >= 11 is 1.32. The minimum atomic E-state index is -0.440. The largest absolute Gasteiger partial charge is 0.338 e. The number of carbonyl (C=O) groups is 2. The van der Waals surface area contributed by atoms with E-state index in [1.165, 1.54) is 16.0 Å². The van der Waals surface area contributed by atoms with Gasteiger partial charge in [0.25, 0.3) is 11.8 Å². The Morgan fingerprint density at radius 1 is 1.06 bits per heavy atom. The topological polar surface area (TPSA) is 101 Å². The molecule has 0 bridgehead atoms. The molecule has 2 aromatic carbocycles. The molecular weight excluding hydrogens is 424 g/mol. The maximum Gasteiger partial charge on any atom is 0.265 e. The maximum atomic E-state index is 13.3. The van der Waals surface area contributed by atoms with Crippen LogP contribution in [-0.2, 0) is 0 Å². The summed E-state index contributed by atoms with van der Waals surface area (Å²) in [6, 6.07) is 19.0. The van der Waals surface area contributed by atoms with E-state index in [1.807, 2.05) is 66.0 Å². The van der Waals surface area contributed by atoms with E-state index < -0.39 is 5.91 Å². The predicted octanol–water partition coefficient (Wildman–Crippen LogP) is 5.14. The van der Waals surface area contributed by atoms with Crippen LogP contribution in [-0.4, -0.2) is 32.3 Å². The van der Waals surface area contributed by atoms with Crippen LogP contribution in [0.4, 0.5) is 22.5 Å². The average Bonchev–Trinajstić information content (AvgIpc) is 3.40. The van der Waals surface area contributed by atoms with Crippen LogP contribution in [0, 0.1) is 0 Å². The van der Waals surface area contributed by atoms with Crippen molar-refractivity contribution in [2.24, 2.45) is 4.99 Å². The van der Waals surface area contributed by atoms with Crippen molar-refractivity contribution in [3.63, 3.8) is 0 Å². The van der Waals surface area contributed by atoms with E-state index in [0.717, 1.165) is 16.9 Å². The third kappa shape index (κ3) is 3.81. The molecule has 0 spiro atoms. The molecule has 32 heavy (non-hydrogen) atoms. The number of carbonyl (C=O) groups excluding carboxylic acids is 2. The molecule has 4 aromatic rings. The Morgan fingerprint density at radius 3 is 2.53 bits per heavy atom. The molecular formula is C23H18N6O2S. The molecule has 8 nitrogen and oxygen atoms in total. The second-order valence-electron chi connectivity index (χ2n) is 7.23. The van der Waals surface area contributed by atoms with Crippen LogP contribution in [0.15, 0.2) is 71.0 Å². The molecule has 2 aromatic heterocycles. The molecule has 0 unspecified atom stereocenters. The molecule has 0 radical (unpaired) electrons. The molecule has 3 heterocycles. The number of rotatable bonds is 5. The van der Waals surface area contributed by atoms with Crippen LogP contribution in [0.1, 0.15) is 28.5 Å². The second kappa shape index (κ2) is 8.20. The fourth-order valence-corrected chi connectivity index (χ4v) is 4.10. The Bertz CT molecular complexity index is 1340. The Hall–Kier alpha value is -4.11. The van der Waals surface area contributed by atoms with Crippen molar-refractivity contribution in [2.75, 3.05) is 10.6 Å². The Morgan fingerprint density at radius 2 is 1.78 bits per heavy atom. The SMILES string of the molecule is CC1=Nc2c(C(=O)Nc3nc(-c4ccccc4)cs3)c(Nc3ccccc3)nn2C(=O)C1. The number of thiazole rings is 1. The highest BCUT2D eigenvalue weighted by Gasteiger charge is 2.30. The first kappa shape index (κ1) is 19.8. The van der Waals surface area contributed by atoms with Crippen molar-refractivity contribution in [2.45, 2.75) is 13.3 Å². The summed E-state index contributed by atoms with van der Waals surface area (Å²) in [5, 5.41) is 12.6. The number of nitrogens with one attached hydrogen (secondary N) is 2. The molecule has 0 saturated heterocycles. The van der Waals surface area contributed by atoms with E-state index in [4.69, 9.17) is 0 Å². The van der Waals surface area contributed by atoms with Crippen LogP contribution in [0.25, 0.3) is 11.3 Å². The van der Waals surface area contributed by atoms with Crippen LogP contribution >= 0.6 is 11.3 Å². The van der Waals surface area contributed by atoms with Gasteiger partial charge in [-0.1, -0.05) is 48.5 Å². The summed E-state index contributed by atoms with van der Waals surface area (Å²) in [6.45, 7) is 1.76. The molecule has 9 heteroatoms. The van der Waals surface area contributed by atoms with E-state index in [-0.39, 0.29) is 29.5 Å². The zero-order chi connectivity index (χ0) is 22.1. The summed E-state index contributed by atoms with van der Waals surface area (Å²) in [5.74, 6) is -0.196. The molecule has 0 saturated carbocycles. The summed E-state index contributed by atoms with van der Waals surface area (Å²) in [7, 11) is 0. The number of para-hydroxylation sites is 1. The van der Waals surface area contributed by atoms with Gasteiger partial charge in [0.05, 0.1) is 12.1 Å². The molecule has 0 atom stereocenters. The number of amides is 1. The summed E-state index contributed by atoms with van der Waals surface area (Å²) < 4.78 is 1.18. The highest BCUT2D eigenvalue weighted by atomic mass is 32.1. The fourth-order valence-electron chi connectivity index (χ4n) is 3.39. The van der Waals surface area contributed by atoms with E-state index >= 15 is 0 Å². The highest BCUT2D eigenvalue weighted by Crippen LogP contribution is 2.33. The van der Waals surface area contributed by atoms with Gasteiger partial charge >= 0.3 is 0 Å². The third-order valence-corrected chi connectivity index (χ3v) is 5.62. The normalized spacial score (nSPS) is 12.8. The van der Waals surface area contributed by atoms with Crippen molar-refractivity contribution in [3.05, 3.63) is 71.6 Å². The molecule has 2 N–H and O–H groups in total. The van der Waals surface area contributed by atoms with Crippen molar-refractivity contribution >= 4 is 51.3 Å². The first-order valence-electron chi connectivity index (χ1n) is 9.93. The van der Waals surface area contributed by atoms with Crippen LogP contribution in [0.3, 0.4) is 0 Å². The first-order chi connectivity index (χ1) is 15.6. The summed E-state index contributed by atoms with van der Waals surface area (Å²) in [5.41, 5.74) is 3.30. The number of benzene rings is 2. The van der Waals surface area contributed by atoms with Gasteiger partial charge < -0.3 is 5.32 Å². The molecule has 1 amide bonds. The number of fused-ring (bicyclic) bond motifs is 1. The zero-order valence-corrected chi connectivity index (χ0v) is 17.9. The smallest absolute Gasteiger partial charge is 0.265 e. The van der Waals surface area contributed by atoms with Crippen molar-refractivity contribution in [3.8, 4) is 11.3 Å². The second-order valence-corrected chi connectivity index (χ2v) is 8.08. The lowest BCUT2D eigenvalue weighted by molar-refractivity contribution is 0.0906. The van der Waals surface area contributed by atoms with Gasteiger partial charge in [0.1, 0.15) is 5.56 Å². The van der Waals surface area contributed by atoms with Crippen LogP contribution in [0.2, 0.25) is 0 Å². The third-order valence-electron chi connectivity index (χ3n) is 4.86. The number of aliphatic imine (C=N–C) groups is 1. The Labute approximate surface area is 187 Å². The molecule has 0 aliphatic carbocycles. The lowest BCUT2D eigenvalue weighted by Crippen LogP contribution is -2.20. The van der Waals surface area contributed by atoms with E-state index in [2.05, 4.69) is 25.7 Å². The van der Waals surface area contributed by atoms with Crippen LogP contribution < -0.4 is 10.6 Å². The standard InChI is InChI=1S/C23H18N6O2S/c1-14-12-18(30)29-21(24-14)19(20(28-29)25-16-10-6-3-7-11-16)22(31)27-23-26-17(13-32-23)15-8-4-2-5-9-15/h2-11,13H,12H2,1H3,(H,25,28)(H,26,27,31). The quantitative estimate of drug-likeness (QED) is 0.446. The molecule has 0 fully saturated rings. The molecule has 1 aliphatic heterocycles. The Balaban J connectivity index is 1.50. The predicted molar refractivity (Wildman–Crippen MR) is 125 cm³/mol. The maximum absolute atomic E-state index is 13.3. The van der Waals surface area contributed by atoms with Gasteiger partial charge in [-0.3, -0.25) is 14.9 Å². The van der Waals surface area contributed by atoms with Gasteiger partial charge in [-0.2, -0.15) is 4.68 Å². The fraction of sp³-hybridized carbons (Fsp3) is 0.0870. The van der Waals surface area contributed by atoms with Gasteiger partial charge in [0, 0.05) is 22.3 Å². The van der Waals surface area contributed by atoms with Crippen molar-refractivity contribution < 1.29 is 9.59 Å². The van der Waals surface area contributed by atoms with Gasteiger partial charge in [0.15, 0.2) is 16.8 Å². The Kier molecular flexibility index (Phi) is 5.08. The van der Waals surface area contributed by atoms with Crippen LogP contribution in [0.5, 0.6) is 0 Å². The van der Waals surface area contributed by atoms with Gasteiger partial charge in [-0.05, 0) is 19.1 Å². The van der Waals surface area contributed by atoms with E-state index in [9.17, 15) is 9.59 Å².